The Kier molecular flexibility index (Phi) is 7.27. The summed E-state index contributed by atoms with van der Waals surface area (Å²) in [6.07, 6.45) is 0. The molecule has 0 bridgehead atoms. The smallest absolute Gasteiger partial charge is 0.106 e. The summed E-state index contributed by atoms with van der Waals surface area (Å²) < 4.78 is 0. The minimum absolute atomic E-state index is 0.00659. The van der Waals surface area contributed by atoms with Gasteiger partial charge in [-0.2, -0.15) is 0 Å². The van der Waals surface area contributed by atoms with E-state index in [9.17, 15) is 0 Å². The van der Waals surface area contributed by atoms with Gasteiger partial charge in [-0.05, 0) is 113 Å². The van der Waals surface area contributed by atoms with Gasteiger partial charge in [0.1, 0.15) is 5.41 Å². The van der Waals surface area contributed by atoms with Gasteiger partial charge >= 0.3 is 0 Å². The van der Waals surface area contributed by atoms with E-state index in [-0.39, 0.29) is 32.5 Å². The minimum Gasteiger partial charge on any atom is -0.251 e. The minimum atomic E-state index is -0.709. The predicted octanol–water partition coefficient (Wildman–Crippen LogP) is 13.4. The van der Waals surface area contributed by atoms with Crippen molar-refractivity contribution >= 4 is 0 Å². The molecule has 0 saturated heterocycles. The first-order chi connectivity index (χ1) is 25.8. The molecule has 0 saturated carbocycles. The Bertz CT molecular complexity index is 2380. The highest BCUT2D eigenvalue weighted by Crippen LogP contribution is 2.63. The van der Waals surface area contributed by atoms with E-state index < -0.39 is 5.41 Å². The second kappa shape index (κ2) is 11.2. The first-order valence-corrected chi connectivity index (χ1v) is 20.3. The average Bonchev–Trinajstić information content (AvgIpc) is 3.57. The van der Waals surface area contributed by atoms with E-state index in [2.05, 4.69) is 204 Å². The molecular weight excluding hydrogens is 665 g/mol. The quantitative estimate of drug-likeness (QED) is 0.181. The van der Waals surface area contributed by atoms with Crippen LogP contribution in [0.5, 0.6) is 0 Å². The maximum atomic E-state index is 5.68. The summed E-state index contributed by atoms with van der Waals surface area (Å²) in [4.78, 5) is 11.4. The van der Waals surface area contributed by atoms with Crippen LogP contribution < -0.4 is 0 Å². The molecule has 0 N–H and O–H groups in total. The van der Waals surface area contributed by atoms with Gasteiger partial charge in [-0.3, -0.25) is 9.97 Å². The molecule has 278 valence electrons. The molecule has 2 heterocycles. The lowest BCUT2D eigenvalue weighted by Gasteiger charge is -2.44. The van der Waals surface area contributed by atoms with Crippen molar-refractivity contribution in [2.45, 2.75) is 110 Å². The van der Waals surface area contributed by atoms with Crippen molar-refractivity contribution in [1.29, 1.82) is 0 Å². The zero-order valence-corrected chi connectivity index (χ0v) is 34.9. The summed E-state index contributed by atoms with van der Waals surface area (Å²) in [5.41, 5.74) is 16.5. The molecular formula is C53H56N2. The molecule has 2 aromatic heterocycles. The summed E-state index contributed by atoms with van der Waals surface area (Å²) in [6, 6.07) is 45.2. The molecule has 2 nitrogen and oxygen atoms in total. The molecule has 3 aliphatic carbocycles. The van der Waals surface area contributed by atoms with Crippen LogP contribution in [-0.4, -0.2) is 9.97 Å². The Morgan fingerprint density at radius 1 is 0.327 bits per heavy atom. The van der Waals surface area contributed by atoms with E-state index in [4.69, 9.17) is 9.97 Å². The zero-order chi connectivity index (χ0) is 39.1. The number of nitrogens with zero attached hydrogens (tertiary/aromatic N) is 2. The highest BCUT2D eigenvalue weighted by atomic mass is 14.8. The number of fused-ring (bicyclic) bond motifs is 5. The van der Waals surface area contributed by atoms with Gasteiger partial charge in [0.2, 0.25) is 0 Å². The Morgan fingerprint density at radius 2 is 0.691 bits per heavy atom. The third kappa shape index (κ3) is 4.32. The Balaban J connectivity index is 1.26. The molecule has 0 unspecified atom stereocenters. The van der Waals surface area contributed by atoms with Gasteiger partial charge in [0.15, 0.2) is 0 Å². The molecule has 0 fully saturated rings. The monoisotopic (exact) mass is 720 g/mol. The highest BCUT2D eigenvalue weighted by Gasteiger charge is 2.58. The molecule has 0 radical (unpaired) electrons. The second-order valence-corrected chi connectivity index (χ2v) is 19.9. The fourth-order valence-corrected chi connectivity index (χ4v) is 11.0. The second-order valence-electron chi connectivity index (χ2n) is 19.9. The number of hydrogen-bond donors (Lipinski definition) is 0. The lowest BCUT2D eigenvalue weighted by molar-refractivity contribution is 0.125. The van der Waals surface area contributed by atoms with Crippen molar-refractivity contribution < 1.29 is 0 Å². The molecule has 55 heavy (non-hydrogen) atoms. The standard InChI is InChI=1S/C53H56N2/c1-47(2)39-29-27-33(31-41(39)49(5,6)51(47,9)10)43-23-17-25-45(54-43)53(37-21-15-13-19-35(37)36-20-14-16-22-38(36)53)46-26-18-24-44(55-46)34-28-30-40-42(32-34)50(7,8)52(11,12)48(40,3)4/h13-32H,1-12H3. The third-order valence-electron chi connectivity index (χ3n) is 16.8. The predicted molar refractivity (Wildman–Crippen MR) is 230 cm³/mol. The largest absolute Gasteiger partial charge is 0.251 e. The lowest BCUT2D eigenvalue weighted by Crippen LogP contribution is -2.42. The first kappa shape index (κ1) is 35.9. The summed E-state index contributed by atoms with van der Waals surface area (Å²) in [5, 5.41) is 0. The summed E-state index contributed by atoms with van der Waals surface area (Å²) in [5.74, 6) is 0. The van der Waals surface area contributed by atoms with Gasteiger partial charge in [-0.25, -0.2) is 0 Å². The van der Waals surface area contributed by atoms with Crippen LogP contribution >= 0.6 is 0 Å². The highest BCUT2D eigenvalue weighted by molar-refractivity contribution is 5.86. The van der Waals surface area contributed by atoms with Gasteiger partial charge in [0.05, 0.1) is 22.8 Å². The van der Waals surface area contributed by atoms with E-state index in [1.165, 1.54) is 44.5 Å². The fraction of sp³-hybridized carbons (Fsp3) is 0.358. The number of hydrogen-bond acceptors (Lipinski definition) is 2. The van der Waals surface area contributed by atoms with E-state index in [0.717, 1.165) is 33.9 Å². The molecule has 6 aromatic rings. The van der Waals surface area contributed by atoms with E-state index in [1.54, 1.807) is 0 Å². The molecule has 2 heteroatoms. The first-order valence-electron chi connectivity index (χ1n) is 20.3. The number of benzene rings is 4. The third-order valence-corrected chi connectivity index (χ3v) is 16.8. The van der Waals surface area contributed by atoms with Gasteiger partial charge < -0.3 is 0 Å². The summed E-state index contributed by atoms with van der Waals surface area (Å²) in [7, 11) is 0. The van der Waals surface area contributed by atoms with Crippen LogP contribution in [0.4, 0.5) is 0 Å². The molecule has 0 amide bonds. The van der Waals surface area contributed by atoms with Crippen LogP contribution in [-0.2, 0) is 27.1 Å². The van der Waals surface area contributed by atoms with E-state index >= 15 is 0 Å². The fourth-order valence-electron chi connectivity index (χ4n) is 11.0. The summed E-state index contributed by atoms with van der Waals surface area (Å²) in [6.45, 7) is 29.0. The van der Waals surface area contributed by atoms with Crippen LogP contribution in [0.3, 0.4) is 0 Å². The van der Waals surface area contributed by atoms with Crippen LogP contribution in [0.1, 0.15) is 128 Å². The van der Waals surface area contributed by atoms with E-state index in [1.807, 2.05) is 0 Å². The number of pyridine rings is 2. The SMILES string of the molecule is CC1(C)c2ccc(-c3cccc(C4(c5cccc(-c6ccc7c(c6)C(C)(C)C(C)(C)C7(C)C)n5)c5ccccc5-c5ccccc54)n3)cc2C(C)(C)C1(C)C. The number of rotatable bonds is 4. The summed E-state index contributed by atoms with van der Waals surface area (Å²) >= 11 is 0. The van der Waals surface area contributed by atoms with Gasteiger partial charge in [0.25, 0.3) is 0 Å². The average molecular weight is 721 g/mol. The molecule has 3 aliphatic rings. The van der Waals surface area contributed by atoms with Crippen molar-refractivity contribution in [3.8, 4) is 33.6 Å². The molecule has 4 aromatic carbocycles. The maximum Gasteiger partial charge on any atom is 0.106 e. The van der Waals surface area contributed by atoms with Crippen molar-refractivity contribution in [3.63, 3.8) is 0 Å². The normalized spacial score (nSPS) is 20.7. The van der Waals surface area contributed by atoms with Gasteiger partial charge in [-0.1, -0.05) is 168 Å². The molecule has 0 atom stereocenters. The zero-order valence-electron chi connectivity index (χ0n) is 34.9. The van der Waals surface area contributed by atoms with Gasteiger partial charge in [-0.15, -0.1) is 0 Å². The Labute approximate surface area is 329 Å². The molecule has 0 spiro atoms. The lowest BCUT2D eigenvalue weighted by atomic mass is 9.59. The number of aromatic nitrogens is 2. The van der Waals surface area contributed by atoms with Crippen molar-refractivity contribution in [2.24, 2.45) is 10.8 Å². The van der Waals surface area contributed by atoms with Crippen LogP contribution in [0.2, 0.25) is 0 Å². The van der Waals surface area contributed by atoms with Gasteiger partial charge in [0, 0.05) is 11.1 Å². The van der Waals surface area contributed by atoms with Crippen LogP contribution in [0, 0.1) is 10.8 Å². The Morgan fingerprint density at radius 3 is 1.09 bits per heavy atom. The van der Waals surface area contributed by atoms with Crippen LogP contribution in [0.25, 0.3) is 33.6 Å². The topological polar surface area (TPSA) is 25.8 Å². The van der Waals surface area contributed by atoms with Crippen molar-refractivity contribution in [3.05, 3.63) is 166 Å². The molecule has 9 rings (SSSR count). The molecule has 0 aliphatic heterocycles. The van der Waals surface area contributed by atoms with E-state index in [0.29, 0.717) is 0 Å². The van der Waals surface area contributed by atoms with Crippen molar-refractivity contribution in [2.75, 3.05) is 0 Å². The maximum absolute atomic E-state index is 5.68. The Hall–Kier alpha value is -4.82. The van der Waals surface area contributed by atoms with Crippen LogP contribution in [0.15, 0.2) is 121 Å². The van der Waals surface area contributed by atoms with Crippen molar-refractivity contribution in [1.82, 2.24) is 9.97 Å².